The van der Waals surface area contributed by atoms with Gasteiger partial charge in [0.25, 0.3) is 0 Å². The minimum absolute atomic E-state index is 0.110. The predicted octanol–water partition coefficient (Wildman–Crippen LogP) is 3.97. The molecule has 1 aromatic carbocycles. The van der Waals surface area contributed by atoms with Gasteiger partial charge in [-0.25, -0.2) is 9.97 Å². The van der Waals surface area contributed by atoms with Gasteiger partial charge in [0.05, 0.1) is 12.0 Å². The van der Waals surface area contributed by atoms with Crippen molar-refractivity contribution < 1.29 is 5.11 Å². The highest BCUT2D eigenvalue weighted by molar-refractivity contribution is 7.19. The van der Waals surface area contributed by atoms with Crippen molar-refractivity contribution in [2.45, 2.75) is 32.6 Å². The number of rotatable bonds is 4. The number of aliphatic hydroxyl groups is 1. The highest BCUT2D eigenvalue weighted by Crippen LogP contribution is 2.42. The Bertz CT molecular complexity index is 919. The second kappa shape index (κ2) is 6.73. The molecular formula is C20H23N3OS. The molecule has 0 spiro atoms. The number of thiophene rings is 1. The Hall–Kier alpha value is -1.98. The highest BCUT2D eigenvalue weighted by atomic mass is 32.1. The summed E-state index contributed by atoms with van der Waals surface area (Å²) in [5.74, 6) is 0.899. The van der Waals surface area contributed by atoms with Crippen molar-refractivity contribution in [2.24, 2.45) is 0 Å². The highest BCUT2D eigenvalue weighted by Gasteiger charge is 2.20. The molecule has 2 heterocycles. The zero-order valence-electron chi connectivity index (χ0n) is 14.7. The lowest BCUT2D eigenvalue weighted by molar-refractivity contribution is 0.304. The van der Waals surface area contributed by atoms with E-state index in [-0.39, 0.29) is 6.61 Å². The quantitative estimate of drug-likeness (QED) is 0.771. The van der Waals surface area contributed by atoms with E-state index in [0.29, 0.717) is 6.54 Å². The third kappa shape index (κ3) is 2.92. The van der Waals surface area contributed by atoms with Crippen LogP contribution in [-0.2, 0) is 12.8 Å². The van der Waals surface area contributed by atoms with Crippen LogP contribution in [0, 0.1) is 6.92 Å². The standard InChI is InChI=1S/C20H23N3OS/c1-13-17(16-8-7-14-5-3-4-6-15(14)11-16)18-19(23(2)9-10-24)21-12-22-20(18)25-13/h7-8,11-12,24H,3-6,9-10H2,1-2H3. The first-order valence-corrected chi connectivity index (χ1v) is 9.69. The molecule has 0 aliphatic heterocycles. The zero-order valence-corrected chi connectivity index (χ0v) is 15.6. The van der Waals surface area contributed by atoms with Gasteiger partial charge in [0.1, 0.15) is 17.0 Å². The van der Waals surface area contributed by atoms with Gasteiger partial charge in [0, 0.05) is 24.0 Å². The first-order chi connectivity index (χ1) is 12.2. The molecule has 25 heavy (non-hydrogen) atoms. The lowest BCUT2D eigenvalue weighted by Gasteiger charge is -2.19. The first kappa shape index (κ1) is 16.5. The average molecular weight is 353 g/mol. The van der Waals surface area contributed by atoms with Crippen molar-refractivity contribution in [2.75, 3.05) is 25.1 Å². The van der Waals surface area contributed by atoms with Crippen LogP contribution >= 0.6 is 11.3 Å². The number of aliphatic hydroxyl groups excluding tert-OH is 1. The number of hydrogen-bond acceptors (Lipinski definition) is 5. The normalized spacial score (nSPS) is 13.9. The van der Waals surface area contributed by atoms with Crippen molar-refractivity contribution in [1.82, 2.24) is 9.97 Å². The Labute approximate surface area is 152 Å². The Morgan fingerprint density at radius 1 is 1.16 bits per heavy atom. The second-order valence-corrected chi connectivity index (χ2v) is 7.95. The van der Waals surface area contributed by atoms with E-state index in [1.807, 2.05) is 11.9 Å². The number of likely N-dealkylation sites (N-methyl/N-ethyl adjacent to an activating group) is 1. The molecule has 0 bridgehead atoms. The number of anilines is 1. The number of aromatic nitrogens is 2. The molecule has 0 unspecified atom stereocenters. The minimum Gasteiger partial charge on any atom is -0.395 e. The fourth-order valence-corrected chi connectivity index (χ4v) is 4.82. The number of hydrogen-bond donors (Lipinski definition) is 1. The smallest absolute Gasteiger partial charge is 0.141 e. The molecule has 130 valence electrons. The molecule has 0 saturated heterocycles. The molecule has 4 nitrogen and oxygen atoms in total. The Morgan fingerprint density at radius 3 is 2.76 bits per heavy atom. The molecule has 1 N–H and O–H groups in total. The van der Waals surface area contributed by atoms with Crippen LogP contribution < -0.4 is 4.90 Å². The fourth-order valence-electron chi connectivity index (χ4n) is 3.81. The van der Waals surface area contributed by atoms with E-state index < -0.39 is 0 Å². The van der Waals surface area contributed by atoms with Crippen molar-refractivity contribution in [3.8, 4) is 11.1 Å². The molecule has 4 rings (SSSR count). The van der Waals surface area contributed by atoms with Gasteiger partial charge in [-0.05, 0) is 49.3 Å². The summed E-state index contributed by atoms with van der Waals surface area (Å²) in [5, 5.41) is 10.4. The van der Waals surface area contributed by atoms with Crippen LogP contribution in [0.3, 0.4) is 0 Å². The number of nitrogens with zero attached hydrogens (tertiary/aromatic N) is 3. The van der Waals surface area contributed by atoms with Crippen LogP contribution in [-0.4, -0.2) is 35.3 Å². The van der Waals surface area contributed by atoms with Gasteiger partial charge in [0.2, 0.25) is 0 Å². The zero-order chi connectivity index (χ0) is 17.4. The van der Waals surface area contributed by atoms with E-state index in [4.69, 9.17) is 0 Å². The Morgan fingerprint density at radius 2 is 1.96 bits per heavy atom. The molecule has 2 aromatic heterocycles. The summed E-state index contributed by atoms with van der Waals surface area (Å²) in [7, 11) is 1.97. The Kier molecular flexibility index (Phi) is 4.44. The van der Waals surface area contributed by atoms with Gasteiger partial charge >= 0.3 is 0 Å². The summed E-state index contributed by atoms with van der Waals surface area (Å²) in [6, 6.07) is 6.92. The van der Waals surface area contributed by atoms with Gasteiger partial charge in [-0.15, -0.1) is 11.3 Å². The first-order valence-electron chi connectivity index (χ1n) is 8.87. The summed E-state index contributed by atoms with van der Waals surface area (Å²) in [4.78, 5) is 13.3. The van der Waals surface area contributed by atoms with Crippen LogP contribution in [0.25, 0.3) is 21.3 Å². The van der Waals surface area contributed by atoms with Gasteiger partial charge in [0.15, 0.2) is 0 Å². The van der Waals surface area contributed by atoms with E-state index in [2.05, 4.69) is 35.1 Å². The molecule has 0 amide bonds. The van der Waals surface area contributed by atoms with Crippen LogP contribution in [0.4, 0.5) is 5.82 Å². The predicted molar refractivity (Wildman–Crippen MR) is 105 cm³/mol. The van der Waals surface area contributed by atoms with E-state index in [1.165, 1.54) is 52.8 Å². The van der Waals surface area contributed by atoms with Crippen LogP contribution in [0.2, 0.25) is 0 Å². The molecule has 0 saturated carbocycles. The maximum atomic E-state index is 9.31. The summed E-state index contributed by atoms with van der Waals surface area (Å²) >= 11 is 1.72. The second-order valence-electron chi connectivity index (χ2n) is 6.75. The maximum absolute atomic E-state index is 9.31. The van der Waals surface area contributed by atoms with Gasteiger partial charge < -0.3 is 10.0 Å². The fraction of sp³-hybridized carbons (Fsp3) is 0.400. The van der Waals surface area contributed by atoms with Gasteiger partial charge in [-0.2, -0.15) is 0 Å². The summed E-state index contributed by atoms with van der Waals surface area (Å²) in [6.45, 7) is 2.83. The van der Waals surface area contributed by atoms with Gasteiger partial charge in [-0.3, -0.25) is 0 Å². The van der Waals surface area contributed by atoms with Crippen LogP contribution in [0.1, 0.15) is 28.8 Å². The van der Waals surface area contributed by atoms with Crippen molar-refractivity contribution in [3.05, 3.63) is 40.5 Å². The number of fused-ring (bicyclic) bond motifs is 2. The minimum atomic E-state index is 0.110. The molecule has 0 radical (unpaired) electrons. The molecule has 0 fully saturated rings. The van der Waals surface area contributed by atoms with Crippen LogP contribution in [0.5, 0.6) is 0 Å². The van der Waals surface area contributed by atoms with Crippen LogP contribution in [0.15, 0.2) is 24.5 Å². The van der Waals surface area contributed by atoms with E-state index in [1.54, 1.807) is 17.7 Å². The maximum Gasteiger partial charge on any atom is 0.141 e. The third-order valence-electron chi connectivity index (χ3n) is 5.08. The van der Waals surface area contributed by atoms with Crippen molar-refractivity contribution in [1.29, 1.82) is 0 Å². The lowest BCUT2D eigenvalue weighted by Crippen LogP contribution is -2.22. The number of aryl methyl sites for hydroxylation is 3. The number of benzene rings is 1. The average Bonchev–Trinajstić information content (AvgIpc) is 2.97. The SMILES string of the molecule is Cc1sc2ncnc(N(C)CCO)c2c1-c1ccc2c(c1)CCCC2. The van der Waals surface area contributed by atoms with E-state index in [9.17, 15) is 5.11 Å². The molecule has 0 atom stereocenters. The van der Waals surface area contributed by atoms with Gasteiger partial charge in [-0.1, -0.05) is 18.2 Å². The van der Waals surface area contributed by atoms with Crippen molar-refractivity contribution >= 4 is 27.4 Å². The molecule has 1 aliphatic carbocycles. The molecule has 3 aromatic rings. The van der Waals surface area contributed by atoms with Crippen molar-refractivity contribution in [3.63, 3.8) is 0 Å². The van der Waals surface area contributed by atoms with E-state index >= 15 is 0 Å². The summed E-state index contributed by atoms with van der Waals surface area (Å²) < 4.78 is 0. The Balaban J connectivity index is 1.91. The summed E-state index contributed by atoms with van der Waals surface area (Å²) in [5.41, 5.74) is 5.50. The third-order valence-corrected chi connectivity index (χ3v) is 6.09. The van der Waals surface area contributed by atoms with E-state index in [0.717, 1.165) is 16.0 Å². The molecule has 1 aliphatic rings. The molecular weight excluding hydrogens is 330 g/mol. The topological polar surface area (TPSA) is 49.2 Å². The summed E-state index contributed by atoms with van der Waals surface area (Å²) in [6.07, 6.45) is 6.59. The molecule has 5 heteroatoms. The monoisotopic (exact) mass is 353 g/mol. The largest absolute Gasteiger partial charge is 0.395 e. The lowest BCUT2D eigenvalue weighted by atomic mass is 9.89.